The molecule has 126 valence electrons. The summed E-state index contributed by atoms with van der Waals surface area (Å²) < 4.78 is 6.05. The Morgan fingerprint density at radius 3 is 2.50 bits per heavy atom. The standard InChI is InChI=1S/C21H25NO2/c1-14(2)18-10-6-8-12-20(18)24-16(4)21(23)22-15(3)13-17-9-5-7-11-19(17)22/h5-12,14-16H,13H2,1-4H3/t15-,16-/m1/s1. The normalized spacial score (nSPS) is 17.7. The summed E-state index contributed by atoms with van der Waals surface area (Å²) in [4.78, 5) is 14.9. The number of anilines is 1. The average Bonchev–Trinajstić information content (AvgIpc) is 2.90. The van der Waals surface area contributed by atoms with Crippen molar-refractivity contribution in [2.75, 3.05) is 4.90 Å². The van der Waals surface area contributed by atoms with Crippen LogP contribution < -0.4 is 9.64 Å². The van der Waals surface area contributed by atoms with Crippen molar-refractivity contribution in [1.29, 1.82) is 0 Å². The lowest BCUT2D eigenvalue weighted by atomic mass is 10.0. The van der Waals surface area contributed by atoms with Crippen LogP contribution in [0.15, 0.2) is 48.5 Å². The number of rotatable bonds is 4. The number of carbonyl (C=O) groups is 1. The first-order valence-corrected chi connectivity index (χ1v) is 8.65. The molecule has 0 aliphatic carbocycles. The summed E-state index contributed by atoms with van der Waals surface area (Å²) in [5, 5.41) is 0. The van der Waals surface area contributed by atoms with Gasteiger partial charge in [0.15, 0.2) is 6.10 Å². The van der Waals surface area contributed by atoms with Gasteiger partial charge in [-0.3, -0.25) is 4.79 Å². The van der Waals surface area contributed by atoms with E-state index in [1.807, 2.05) is 48.2 Å². The van der Waals surface area contributed by atoms with Crippen LogP contribution in [-0.4, -0.2) is 18.1 Å². The fourth-order valence-corrected chi connectivity index (χ4v) is 3.40. The van der Waals surface area contributed by atoms with Gasteiger partial charge in [0.05, 0.1) is 0 Å². The quantitative estimate of drug-likeness (QED) is 0.826. The summed E-state index contributed by atoms with van der Waals surface area (Å²) in [6.07, 6.45) is 0.385. The highest BCUT2D eigenvalue weighted by molar-refractivity contribution is 5.99. The van der Waals surface area contributed by atoms with Crippen molar-refractivity contribution < 1.29 is 9.53 Å². The van der Waals surface area contributed by atoms with Crippen LogP contribution in [0.4, 0.5) is 5.69 Å². The van der Waals surface area contributed by atoms with E-state index in [0.717, 1.165) is 23.4 Å². The van der Waals surface area contributed by atoms with Gasteiger partial charge >= 0.3 is 0 Å². The van der Waals surface area contributed by atoms with E-state index in [2.05, 4.69) is 32.9 Å². The van der Waals surface area contributed by atoms with Crippen molar-refractivity contribution in [2.45, 2.75) is 52.2 Å². The third-order valence-electron chi connectivity index (χ3n) is 4.64. The number of ether oxygens (including phenoxy) is 1. The zero-order valence-electron chi connectivity index (χ0n) is 14.8. The van der Waals surface area contributed by atoms with Gasteiger partial charge in [-0.05, 0) is 49.4 Å². The molecule has 3 rings (SSSR count). The Morgan fingerprint density at radius 2 is 1.75 bits per heavy atom. The van der Waals surface area contributed by atoms with Crippen LogP contribution in [-0.2, 0) is 11.2 Å². The molecule has 0 fully saturated rings. The minimum Gasteiger partial charge on any atom is -0.481 e. The van der Waals surface area contributed by atoms with E-state index >= 15 is 0 Å². The Bertz CT molecular complexity index is 738. The number of benzene rings is 2. The number of fused-ring (bicyclic) bond motifs is 1. The third kappa shape index (κ3) is 3.03. The molecular formula is C21H25NO2. The van der Waals surface area contributed by atoms with Crippen molar-refractivity contribution in [3.63, 3.8) is 0 Å². The molecule has 1 amide bonds. The molecule has 1 aliphatic heterocycles. The maximum absolute atomic E-state index is 13.0. The van der Waals surface area contributed by atoms with Crippen molar-refractivity contribution >= 4 is 11.6 Å². The van der Waals surface area contributed by atoms with Gasteiger partial charge < -0.3 is 9.64 Å². The second-order valence-electron chi connectivity index (χ2n) is 6.84. The van der Waals surface area contributed by atoms with Gasteiger partial charge in [-0.25, -0.2) is 0 Å². The topological polar surface area (TPSA) is 29.5 Å². The molecule has 0 N–H and O–H groups in total. The predicted octanol–water partition coefficient (Wildman–Crippen LogP) is 4.56. The Morgan fingerprint density at radius 1 is 1.08 bits per heavy atom. The summed E-state index contributed by atoms with van der Waals surface area (Å²) in [5.74, 6) is 1.18. The van der Waals surface area contributed by atoms with Gasteiger partial charge in [0, 0.05) is 11.7 Å². The first-order chi connectivity index (χ1) is 11.5. The van der Waals surface area contributed by atoms with Crippen molar-refractivity contribution in [2.24, 2.45) is 0 Å². The molecule has 2 aromatic rings. The minimum atomic E-state index is -0.515. The largest absolute Gasteiger partial charge is 0.481 e. The fraction of sp³-hybridized carbons (Fsp3) is 0.381. The van der Waals surface area contributed by atoms with E-state index in [9.17, 15) is 4.79 Å². The molecule has 1 aliphatic rings. The molecule has 0 unspecified atom stereocenters. The molecule has 24 heavy (non-hydrogen) atoms. The van der Waals surface area contributed by atoms with Gasteiger partial charge in [0.2, 0.25) is 0 Å². The summed E-state index contributed by atoms with van der Waals surface area (Å²) in [6, 6.07) is 16.3. The van der Waals surface area contributed by atoms with Gasteiger partial charge in [0.1, 0.15) is 5.75 Å². The molecule has 3 heteroatoms. The van der Waals surface area contributed by atoms with E-state index in [1.54, 1.807) is 0 Å². The second kappa shape index (κ2) is 6.68. The van der Waals surface area contributed by atoms with Gasteiger partial charge in [-0.2, -0.15) is 0 Å². The van der Waals surface area contributed by atoms with Gasteiger partial charge in [-0.1, -0.05) is 50.2 Å². The maximum Gasteiger partial charge on any atom is 0.268 e. The molecule has 3 nitrogen and oxygen atoms in total. The molecule has 2 aromatic carbocycles. The molecule has 0 spiro atoms. The minimum absolute atomic E-state index is 0.0195. The summed E-state index contributed by atoms with van der Waals surface area (Å²) >= 11 is 0. The smallest absolute Gasteiger partial charge is 0.268 e. The van der Waals surface area contributed by atoms with Crippen molar-refractivity contribution in [3.05, 3.63) is 59.7 Å². The highest BCUT2D eigenvalue weighted by Crippen LogP contribution is 2.33. The summed E-state index contributed by atoms with van der Waals surface area (Å²) in [7, 11) is 0. The van der Waals surface area contributed by atoms with E-state index in [4.69, 9.17) is 4.74 Å². The van der Waals surface area contributed by atoms with Crippen LogP contribution >= 0.6 is 0 Å². The summed E-state index contributed by atoms with van der Waals surface area (Å²) in [5.41, 5.74) is 3.38. The Labute approximate surface area is 144 Å². The highest BCUT2D eigenvalue weighted by Gasteiger charge is 2.34. The van der Waals surface area contributed by atoms with E-state index in [1.165, 1.54) is 5.56 Å². The monoisotopic (exact) mass is 323 g/mol. The van der Waals surface area contributed by atoms with E-state index < -0.39 is 6.10 Å². The highest BCUT2D eigenvalue weighted by atomic mass is 16.5. The first kappa shape index (κ1) is 16.6. The number of carbonyl (C=O) groups excluding carboxylic acids is 1. The van der Waals surface area contributed by atoms with Gasteiger partial charge in [0.25, 0.3) is 5.91 Å². The Kier molecular flexibility index (Phi) is 4.61. The lowest BCUT2D eigenvalue weighted by molar-refractivity contribution is -0.124. The van der Waals surface area contributed by atoms with E-state index in [0.29, 0.717) is 5.92 Å². The second-order valence-corrected chi connectivity index (χ2v) is 6.84. The van der Waals surface area contributed by atoms with Crippen molar-refractivity contribution in [1.82, 2.24) is 0 Å². The molecule has 1 heterocycles. The van der Waals surface area contributed by atoms with Gasteiger partial charge in [-0.15, -0.1) is 0 Å². The predicted molar refractivity (Wildman–Crippen MR) is 97.7 cm³/mol. The molecule has 2 atom stereocenters. The SMILES string of the molecule is CC(C)c1ccccc1O[C@H](C)C(=O)N1c2ccccc2C[C@H]1C. The van der Waals surface area contributed by atoms with E-state index in [-0.39, 0.29) is 11.9 Å². The lowest BCUT2D eigenvalue weighted by Crippen LogP contribution is -2.43. The number of hydrogen-bond acceptors (Lipinski definition) is 2. The Hall–Kier alpha value is -2.29. The molecule has 0 saturated heterocycles. The maximum atomic E-state index is 13.0. The van der Waals surface area contributed by atoms with Crippen LogP contribution in [0.3, 0.4) is 0 Å². The number of amides is 1. The molecule has 0 aromatic heterocycles. The lowest BCUT2D eigenvalue weighted by Gasteiger charge is -2.27. The third-order valence-corrected chi connectivity index (χ3v) is 4.64. The van der Waals surface area contributed by atoms with Crippen LogP contribution in [0.5, 0.6) is 5.75 Å². The molecular weight excluding hydrogens is 298 g/mol. The fourth-order valence-electron chi connectivity index (χ4n) is 3.40. The van der Waals surface area contributed by atoms with Crippen LogP contribution in [0, 0.1) is 0 Å². The van der Waals surface area contributed by atoms with Crippen LogP contribution in [0.2, 0.25) is 0 Å². The zero-order chi connectivity index (χ0) is 17.3. The molecule has 0 radical (unpaired) electrons. The van der Waals surface area contributed by atoms with Crippen LogP contribution in [0.1, 0.15) is 44.7 Å². The van der Waals surface area contributed by atoms with Crippen LogP contribution in [0.25, 0.3) is 0 Å². The number of hydrogen-bond donors (Lipinski definition) is 0. The first-order valence-electron chi connectivity index (χ1n) is 8.65. The van der Waals surface area contributed by atoms with Crippen molar-refractivity contribution in [3.8, 4) is 5.75 Å². The molecule has 0 saturated carbocycles. The average molecular weight is 323 g/mol. The number of para-hydroxylation sites is 2. The number of nitrogens with zero attached hydrogens (tertiary/aromatic N) is 1. The molecule has 0 bridgehead atoms. The zero-order valence-corrected chi connectivity index (χ0v) is 14.8. The Balaban J connectivity index is 1.81. The summed E-state index contributed by atoms with van der Waals surface area (Å²) in [6.45, 7) is 8.20.